The number of carbonyl (C=O) groups excluding carboxylic acids is 2. The zero-order valence-electron chi connectivity index (χ0n) is 14.6. The van der Waals surface area contributed by atoms with Gasteiger partial charge in [-0.15, -0.1) is 0 Å². The molecule has 0 spiro atoms. The molecular weight excluding hydrogens is 348 g/mol. The molecule has 2 N–H and O–H groups in total. The molecule has 0 bridgehead atoms. The van der Waals surface area contributed by atoms with Crippen LogP contribution in [-0.2, 0) is 19.6 Å². The van der Waals surface area contributed by atoms with Crippen LogP contribution in [0.3, 0.4) is 0 Å². The number of carbonyl (C=O) groups is 2. The first-order chi connectivity index (χ1) is 11.6. The highest BCUT2D eigenvalue weighted by Crippen LogP contribution is 2.28. The minimum atomic E-state index is -3.81. The fraction of sp³-hybridized carbons (Fsp3) is 0.500. The number of amides is 1. The highest BCUT2D eigenvalue weighted by Gasteiger charge is 2.33. The van der Waals surface area contributed by atoms with Crippen LogP contribution in [0.15, 0.2) is 23.1 Å². The van der Waals surface area contributed by atoms with Crippen LogP contribution in [0.5, 0.6) is 5.75 Å². The molecule has 0 radical (unpaired) electrons. The molecular formula is C16H22N2O6S. The first kappa shape index (κ1) is 19.2. The number of sulfonamides is 1. The molecule has 1 fully saturated rings. The fourth-order valence-electron chi connectivity index (χ4n) is 2.17. The molecule has 0 saturated heterocycles. The minimum absolute atomic E-state index is 0.0783. The number of hydrogen-bond donors (Lipinski definition) is 2. The Morgan fingerprint density at radius 2 is 1.84 bits per heavy atom. The van der Waals surface area contributed by atoms with Crippen LogP contribution >= 0.6 is 0 Å². The molecule has 1 aliphatic rings. The zero-order valence-corrected chi connectivity index (χ0v) is 15.4. The molecule has 138 valence electrons. The first-order valence-corrected chi connectivity index (χ1v) is 9.20. The maximum atomic E-state index is 12.5. The van der Waals surface area contributed by atoms with E-state index in [-0.39, 0.29) is 22.3 Å². The zero-order chi connectivity index (χ0) is 18.8. The largest absolute Gasteiger partial charge is 0.495 e. The summed E-state index contributed by atoms with van der Waals surface area (Å²) in [6.07, 6.45) is 1.57. The summed E-state index contributed by atoms with van der Waals surface area (Å²) in [6.45, 7) is 2.99. The van der Waals surface area contributed by atoms with Crippen molar-refractivity contribution in [3.05, 3.63) is 23.8 Å². The van der Waals surface area contributed by atoms with Crippen molar-refractivity contribution in [2.24, 2.45) is 0 Å². The summed E-state index contributed by atoms with van der Waals surface area (Å²) < 4.78 is 37.2. The Balaban J connectivity index is 2.32. The highest BCUT2D eigenvalue weighted by atomic mass is 32.2. The van der Waals surface area contributed by atoms with Gasteiger partial charge < -0.3 is 14.8 Å². The smallest absolute Gasteiger partial charge is 0.330 e. The molecule has 25 heavy (non-hydrogen) atoms. The lowest BCUT2D eigenvalue weighted by molar-refractivity contribution is -0.146. The second-order valence-corrected chi connectivity index (χ2v) is 8.01. The van der Waals surface area contributed by atoms with E-state index in [1.807, 2.05) is 0 Å². The molecule has 0 unspecified atom stereocenters. The predicted octanol–water partition coefficient (Wildman–Crippen LogP) is 0.817. The normalized spacial score (nSPS) is 14.7. The number of esters is 1. The lowest BCUT2D eigenvalue weighted by atomic mass is 10.1. The second kappa shape index (κ2) is 7.01. The number of hydrogen-bond acceptors (Lipinski definition) is 6. The molecule has 1 aromatic carbocycles. The van der Waals surface area contributed by atoms with Gasteiger partial charge in [0.1, 0.15) is 16.2 Å². The predicted molar refractivity (Wildman–Crippen MR) is 89.9 cm³/mol. The Hall–Kier alpha value is -2.13. The molecule has 0 aliphatic heterocycles. The first-order valence-electron chi connectivity index (χ1n) is 7.72. The molecule has 1 amide bonds. The Bertz CT molecular complexity index is 784. The minimum Gasteiger partial charge on any atom is -0.495 e. The van der Waals surface area contributed by atoms with Crippen molar-refractivity contribution in [2.75, 3.05) is 14.2 Å². The summed E-state index contributed by atoms with van der Waals surface area (Å²) in [5, 5.41) is 2.52. The van der Waals surface area contributed by atoms with Crippen LogP contribution < -0.4 is 14.8 Å². The average molecular weight is 370 g/mol. The molecule has 0 atom stereocenters. The summed E-state index contributed by atoms with van der Waals surface area (Å²) in [5.41, 5.74) is -1.16. The van der Waals surface area contributed by atoms with Crippen LogP contribution in [0.4, 0.5) is 0 Å². The molecule has 2 rings (SSSR count). The summed E-state index contributed by atoms with van der Waals surface area (Å²) in [6, 6.07) is 3.98. The Morgan fingerprint density at radius 1 is 1.20 bits per heavy atom. The summed E-state index contributed by atoms with van der Waals surface area (Å²) in [5.74, 6) is -1.07. The standard InChI is InChI=1S/C16H22N2O6S/c1-16(2,15(20)24-4)17-14(19)10-5-8-12(23-3)13(9-10)25(21,22)18-11-6-7-11/h5,8-9,11,18H,6-7H2,1-4H3,(H,17,19). The van der Waals surface area contributed by atoms with Crippen molar-refractivity contribution in [1.82, 2.24) is 10.0 Å². The summed E-state index contributed by atoms with van der Waals surface area (Å²) in [7, 11) is -1.23. The summed E-state index contributed by atoms with van der Waals surface area (Å²) >= 11 is 0. The maximum Gasteiger partial charge on any atom is 0.330 e. The highest BCUT2D eigenvalue weighted by molar-refractivity contribution is 7.89. The third-order valence-electron chi connectivity index (χ3n) is 3.74. The van der Waals surface area contributed by atoms with E-state index in [9.17, 15) is 18.0 Å². The number of benzene rings is 1. The fourth-order valence-corrected chi connectivity index (χ4v) is 3.67. The van der Waals surface area contributed by atoms with Crippen LogP contribution in [0, 0.1) is 0 Å². The van der Waals surface area contributed by atoms with Crippen molar-refractivity contribution >= 4 is 21.9 Å². The number of nitrogens with one attached hydrogen (secondary N) is 2. The monoisotopic (exact) mass is 370 g/mol. The van der Waals surface area contributed by atoms with E-state index in [1.165, 1.54) is 46.3 Å². The molecule has 0 aromatic heterocycles. The average Bonchev–Trinajstić information content (AvgIpc) is 3.36. The van der Waals surface area contributed by atoms with Gasteiger partial charge >= 0.3 is 5.97 Å². The Labute approximate surface area is 146 Å². The van der Waals surface area contributed by atoms with Gasteiger partial charge in [-0.3, -0.25) is 4.79 Å². The van der Waals surface area contributed by atoms with E-state index in [1.54, 1.807) is 0 Å². The van der Waals surface area contributed by atoms with Gasteiger partial charge in [-0.1, -0.05) is 0 Å². The lowest BCUT2D eigenvalue weighted by Gasteiger charge is -2.23. The van der Waals surface area contributed by atoms with Gasteiger partial charge in [0.25, 0.3) is 5.91 Å². The summed E-state index contributed by atoms with van der Waals surface area (Å²) in [4.78, 5) is 24.0. The van der Waals surface area contributed by atoms with Crippen molar-refractivity contribution in [3.8, 4) is 5.75 Å². The maximum absolute atomic E-state index is 12.5. The van der Waals surface area contributed by atoms with Gasteiger partial charge in [-0.25, -0.2) is 17.9 Å². The number of methoxy groups -OCH3 is 2. The Morgan fingerprint density at radius 3 is 2.36 bits per heavy atom. The number of rotatable bonds is 7. The SMILES string of the molecule is COC(=O)C(C)(C)NC(=O)c1ccc(OC)c(S(=O)(=O)NC2CC2)c1. The third-order valence-corrected chi connectivity index (χ3v) is 5.28. The van der Waals surface area contributed by atoms with E-state index in [0.717, 1.165) is 12.8 Å². The van der Waals surface area contributed by atoms with E-state index in [2.05, 4.69) is 14.8 Å². The van der Waals surface area contributed by atoms with Gasteiger partial charge in [-0.2, -0.15) is 0 Å². The van der Waals surface area contributed by atoms with Crippen LogP contribution in [0.1, 0.15) is 37.0 Å². The topological polar surface area (TPSA) is 111 Å². The van der Waals surface area contributed by atoms with Gasteiger partial charge in [0, 0.05) is 11.6 Å². The van der Waals surface area contributed by atoms with Crippen molar-refractivity contribution in [3.63, 3.8) is 0 Å². The van der Waals surface area contributed by atoms with Gasteiger partial charge in [0.15, 0.2) is 0 Å². The molecule has 1 aliphatic carbocycles. The van der Waals surface area contributed by atoms with E-state index < -0.39 is 27.4 Å². The van der Waals surface area contributed by atoms with Crippen molar-refractivity contribution in [1.29, 1.82) is 0 Å². The van der Waals surface area contributed by atoms with E-state index in [0.29, 0.717) is 0 Å². The second-order valence-electron chi connectivity index (χ2n) is 6.33. The molecule has 9 heteroatoms. The van der Waals surface area contributed by atoms with E-state index in [4.69, 9.17) is 4.74 Å². The quantitative estimate of drug-likeness (QED) is 0.688. The van der Waals surface area contributed by atoms with Gasteiger partial charge in [0.2, 0.25) is 10.0 Å². The van der Waals surface area contributed by atoms with Crippen molar-refractivity contribution in [2.45, 2.75) is 43.2 Å². The van der Waals surface area contributed by atoms with Gasteiger partial charge in [0.05, 0.1) is 14.2 Å². The van der Waals surface area contributed by atoms with Crippen LogP contribution in [0.2, 0.25) is 0 Å². The van der Waals surface area contributed by atoms with E-state index >= 15 is 0 Å². The third kappa shape index (κ3) is 4.49. The molecule has 1 aromatic rings. The molecule has 0 heterocycles. The van der Waals surface area contributed by atoms with Crippen LogP contribution in [-0.4, -0.2) is 46.1 Å². The molecule has 1 saturated carbocycles. The Kier molecular flexibility index (Phi) is 5.38. The van der Waals surface area contributed by atoms with Gasteiger partial charge in [-0.05, 0) is 44.9 Å². The van der Waals surface area contributed by atoms with Crippen LogP contribution in [0.25, 0.3) is 0 Å². The lowest BCUT2D eigenvalue weighted by Crippen LogP contribution is -2.50. The number of ether oxygens (including phenoxy) is 2. The van der Waals surface area contributed by atoms with Crippen molar-refractivity contribution < 1.29 is 27.5 Å². The molecule has 8 nitrogen and oxygen atoms in total.